The third-order valence-electron chi connectivity index (χ3n) is 2.91. The van der Waals surface area contributed by atoms with Gasteiger partial charge in [-0.15, -0.1) is 0 Å². The Morgan fingerprint density at radius 1 is 1.61 bits per heavy atom. The smallest absolute Gasteiger partial charge is 0.356 e. The molecule has 7 nitrogen and oxygen atoms in total. The van der Waals surface area contributed by atoms with E-state index in [0.717, 1.165) is 12.8 Å². The summed E-state index contributed by atoms with van der Waals surface area (Å²) in [5, 5.41) is 11.5. The Morgan fingerprint density at radius 3 is 2.89 bits per heavy atom. The van der Waals surface area contributed by atoms with E-state index in [9.17, 15) is 9.59 Å². The van der Waals surface area contributed by atoms with Crippen LogP contribution < -0.4 is 5.32 Å². The predicted octanol–water partition coefficient (Wildman–Crippen LogP) is 0.385. The van der Waals surface area contributed by atoms with E-state index in [1.807, 2.05) is 0 Å². The molecule has 2 rings (SSSR count). The molecule has 0 aromatic carbocycles. The van der Waals surface area contributed by atoms with Crippen LogP contribution >= 0.6 is 0 Å². The molecule has 1 fully saturated rings. The Labute approximate surface area is 104 Å². The van der Waals surface area contributed by atoms with E-state index >= 15 is 0 Å². The summed E-state index contributed by atoms with van der Waals surface area (Å²) in [5.41, 5.74) is 0.0106. The average molecular weight is 252 g/mol. The molecule has 18 heavy (non-hydrogen) atoms. The fraction of sp³-hybridized carbons (Fsp3) is 0.545. The second kappa shape index (κ2) is 5.07. The number of imidazole rings is 1. The number of carboxylic acids is 1. The molecular formula is C11H16N4O3. The van der Waals surface area contributed by atoms with Gasteiger partial charge >= 0.3 is 12.0 Å². The standard InChI is InChI=1S/C11H16N4O3/c1-14(8-2-3-8)11(18)12-4-5-15-6-9(10(16)17)13-7-15/h6-8H,2-5H2,1H3,(H,12,18)(H,16,17). The molecule has 1 heterocycles. The summed E-state index contributed by atoms with van der Waals surface area (Å²) < 4.78 is 1.64. The average Bonchev–Trinajstić information content (AvgIpc) is 3.07. The molecule has 0 saturated heterocycles. The maximum absolute atomic E-state index is 11.6. The highest BCUT2D eigenvalue weighted by atomic mass is 16.4. The van der Waals surface area contributed by atoms with Crippen molar-refractivity contribution in [1.29, 1.82) is 0 Å². The number of aromatic nitrogens is 2. The molecule has 1 aliphatic rings. The number of carboxylic acid groups (broad SMARTS) is 1. The topological polar surface area (TPSA) is 87.5 Å². The van der Waals surface area contributed by atoms with Crippen LogP contribution in [0, 0.1) is 0 Å². The highest BCUT2D eigenvalue weighted by Gasteiger charge is 2.29. The lowest BCUT2D eigenvalue weighted by atomic mass is 10.5. The molecule has 0 aliphatic heterocycles. The number of nitrogens with one attached hydrogen (secondary N) is 1. The second-order valence-electron chi connectivity index (χ2n) is 4.38. The minimum absolute atomic E-state index is 0.0106. The van der Waals surface area contributed by atoms with Gasteiger partial charge in [0.05, 0.1) is 6.33 Å². The first-order valence-electron chi connectivity index (χ1n) is 5.83. The van der Waals surface area contributed by atoms with Gasteiger partial charge in [-0.25, -0.2) is 14.6 Å². The van der Waals surface area contributed by atoms with Gasteiger partial charge in [-0.3, -0.25) is 0 Å². The zero-order valence-electron chi connectivity index (χ0n) is 10.2. The monoisotopic (exact) mass is 252 g/mol. The van der Waals surface area contributed by atoms with Gasteiger partial charge in [0.25, 0.3) is 0 Å². The van der Waals surface area contributed by atoms with Gasteiger partial charge in [0, 0.05) is 32.4 Å². The van der Waals surface area contributed by atoms with Crippen molar-refractivity contribution in [1.82, 2.24) is 19.8 Å². The van der Waals surface area contributed by atoms with Gasteiger partial charge in [-0.1, -0.05) is 0 Å². The summed E-state index contributed by atoms with van der Waals surface area (Å²) in [5.74, 6) is -1.05. The minimum Gasteiger partial charge on any atom is -0.476 e. The van der Waals surface area contributed by atoms with Crippen molar-refractivity contribution in [2.75, 3.05) is 13.6 Å². The fourth-order valence-corrected chi connectivity index (χ4v) is 1.64. The first kappa shape index (κ1) is 12.4. The molecule has 0 unspecified atom stereocenters. The van der Waals surface area contributed by atoms with Crippen LogP contribution in [0.15, 0.2) is 12.5 Å². The third kappa shape index (κ3) is 2.99. The first-order chi connectivity index (χ1) is 8.58. The molecule has 0 spiro atoms. The normalized spacial score (nSPS) is 14.3. The molecule has 1 aliphatic carbocycles. The highest BCUT2D eigenvalue weighted by Crippen LogP contribution is 2.24. The lowest BCUT2D eigenvalue weighted by molar-refractivity contribution is 0.0691. The van der Waals surface area contributed by atoms with E-state index in [-0.39, 0.29) is 11.7 Å². The zero-order valence-corrected chi connectivity index (χ0v) is 10.2. The maximum atomic E-state index is 11.6. The van der Waals surface area contributed by atoms with Crippen LogP contribution in [0.1, 0.15) is 23.3 Å². The molecule has 98 valence electrons. The Morgan fingerprint density at radius 2 is 2.33 bits per heavy atom. The largest absolute Gasteiger partial charge is 0.476 e. The van der Waals surface area contributed by atoms with Crippen LogP contribution in [-0.4, -0.2) is 51.2 Å². The Balaban J connectivity index is 1.73. The zero-order chi connectivity index (χ0) is 13.1. The number of carbonyl (C=O) groups is 2. The molecule has 0 bridgehead atoms. The number of amides is 2. The van der Waals surface area contributed by atoms with Crippen LogP contribution in [0.4, 0.5) is 4.79 Å². The molecular weight excluding hydrogens is 236 g/mol. The number of rotatable bonds is 5. The van der Waals surface area contributed by atoms with Crippen molar-refractivity contribution in [3.8, 4) is 0 Å². The molecule has 1 saturated carbocycles. The Bertz CT molecular complexity index is 453. The molecule has 0 radical (unpaired) electrons. The fourth-order valence-electron chi connectivity index (χ4n) is 1.64. The van der Waals surface area contributed by atoms with E-state index in [1.165, 1.54) is 12.5 Å². The number of aromatic carboxylic acids is 1. The SMILES string of the molecule is CN(C(=O)NCCn1cnc(C(=O)O)c1)C1CC1. The maximum Gasteiger partial charge on any atom is 0.356 e. The summed E-state index contributed by atoms with van der Waals surface area (Å²) in [7, 11) is 1.78. The van der Waals surface area contributed by atoms with Crippen molar-refractivity contribution in [2.24, 2.45) is 0 Å². The molecule has 1 aromatic rings. The molecule has 2 N–H and O–H groups in total. The Kier molecular flexibility index (Phi) is 3.50. The van der Waals surface area contributed by atoms with Gasteiger partial charge in [0.2, 0.25) is 0 Å². The third-order valence-corrected chi connectivity index (χ3v) is 2.91. The number of hydrogen-bond acceptors (Lipinski definition) is 3. The number of nitrogens with zero attached hydrogens (tertiary/aromatic N) is 3. The second-order valence-corrected chi connectivity index (χ2v) is 4.38. The van der Waals surface area contributed by atoms with Gasteiger partial charge in [0.15, 0.2) is 5.69 Å². The molecule has 7 heteroatoms. The van der Waals surface area contributed by atoms with Gasteiger partial charge in [0.1, 0.15) is 0 Å². The van der Waals surface area contributed by atoms with E-state index in [1.54, 1.807) is 16.5 Å². The molecule has 2 amide bonds. The van der Waals surface area contributed by atoms with E-state index in [4.69, 9.17) is 5.11 Å². The van der Waals surface area contributed by atoms with E-state index in [2.05, 4.69) is 10.3 Å². The predicted molar refractivity (Wildman–Crippen MR) is 63.4 cm³/mol. The lowest BCUT2D eigenvalue weighted by Crippen LogP contribution is -2.39. The summed E-state index contributed by atoms with van der Waals surface area (Å²) in [6.07, 6.45) is 5.04. The van der Waals surface area contributed by atoms with Crippen LogP contribution in [0.5, 0.6) is 0 Å². The number of urea groups is 1. The Hall–Kier alpha value is -2.05. The van der Waals surface area contributed by atoms with Crippen LogP contribution in [0.3, 0.4) is 0 Å². The van der Waals surface area contributed by atoms with Gasteiger partial charge < -0.3 is 19.9 Å². The van der Waals surface area contributed by atoms with Gasteiger partial charge in [-0.2, -0.15) is 0 Å². The van der Waals surface area contributed by atoms with Crippen molar-refractivity contribution in [2.45, 2.75) is 25.4 Å². The van der Waals surface area contributed by atoms with E-state index < -0.39 is 5.97 Å². The summed E-state index contributed by atoms with van der Waals surface area (Å²) in [6, 6.07) is 0.299. The minimum atomic E-state index is -1.05. The van der Waals surface area contributed by atoms with Crippen LogP contribution in [0.25, 0.3) is 0 Å². The summed E-state index contributed by atoms with van der Waals surface area (Å²) >= 11 is 0. The molecule has 0 atom stereocenters. The van der Waals surface area contributed by atoms with Crippen LogP contribution in [0.2, 0.25) is 0 Å². The number of carbonyl (C=O) groups excluding carboxylic acids is 1. The summed E-state index contributed by atoms with van der Waals surface area (Å²) in [4.78, 5) is 27.7. The van der Waals surface area contributed by atoms with Crippen LogP contribution in [-0.2, 0) is 6.54 Å². The molecule has 1 aromatic heterocycles. The quantitative estimate of drug-likeness (QED) is 0.793. The van der Waals surface area contributed by atoms with Crippen molar-refractivity contribution in [3.63, 3.8) is 0 Å². The summed E-state index contributed by atoms with van der Waals surface area (Å²) in [6.45, 7) is 0.954. The lowest BCUT2D eigenvalue weighted by Gasteiger charge is -2.16. The van der Waals surface area contributed by atoms with Crippen molar-refractivity contribution in [3.05, 3.63) is 18.2 Å². The van der Waals surface area contributed by atoms with Crippen molar-refractivity contribution < 1.29 is 14.7 Å². The van der Waals surface area contributed by atoms with E-state index in [0.29, 0.717) is 19.1 Å². The van der Waals surface area contributed by atoms with Gasteiger partial charge in [-0.05, 0) is 12.8 Å². The highest BCUT2D eigenvalue weighted by molar-refractivity contribution is 5.84. The first-order valence-corrected chi connectivity index (χ1v) is 5.83. The number of hydrogen-bond donors (Lipinski definition) is 2. The van der Waals surface area contributed by atoms with Crippen molar-refractivity contribution >= 4 is 12.0 Å².